The molecular weight excluding hydrogens is 429 g/mol. The summed E-state index contributed by atoms with van der Waals surface area (Å²) in [6.07, 6.45) is 0. The van der Waals surface area contributed by atoms with Crippen LogP contribution in [0.1, 0.15) is 11.1 Å². The van der Waals surface area contributed by atoms with Crippen molar-refractivity contribution in [3.05, 3.63) is 99.0 Å². The molecule has 0 saturated heterocycles. The van der Waals surface area contributed by atoms with Gasteiger partial charge in [0.15, 0.2) is 0 Å². The lowest BCUT2D eigenvalue weighted by atomic mass is 9.98. The maximum absolute atomic E-state index is 13.9. The van der Waals surface area contributed by atoms with Crippen LogP contribution in [0.4, 0.5) is 5.69 Å². The average Bonchev–Trinajstić information content (AvgIpc) is 2.64. The van der Waals surface area contributed by atoms with E-state index < -0.39 is 9.73 Å². The smallest absolute Gasteiger partial charge is 0.115 e. The number of nitrogens with zero attached hydrogens (tertiary/aromatic N) is 1. The molecule has 1 heterocycles. The third-order valence-electron chi connectivity index (χ3n) is 3.96. The molecule has 1 aliphatic rings. The highest BCUT2D eigenvalue weighted by Gasteiger charge is 2.28. The van der Waals surface area contributed by atoms with E-state index in [9.17, 15) is 4.21 Å². The van der Waals surface area contributed by atoms with Gasteiger partial charge < -0.3 is 0 Å². The Morgan fingerprint density at radius 2 is 1.33 bits per heavy atom. The van der Waals surface area contributed by atoms with Crippen LogP contribution < -0.4 is 0 Å². The Balaban J connectivity index is 2.10. The van der Waals surface area contributed by atoms with Gasteiger partial charge in [-0.3, -0.25) is 0 Å². The fraction of sp³-hybridized carbons (Fsp3) is 0. The Hall–Kier alpha value is -1.92. The lowest BCUT2D eigenvalue weighted by Gasteiger charge is -2.22. The van der Waals surface area contributed by atoms with Crippen LogP contribution in [0.15, 0.2) is 97.1 Å². The molecule has 0 aromatic heterocycles. The highest BCUT2D eigenvalue weighted by atomic mass is 127. The zero-order valence-electron chi connectivity index (χ0n) is 12.7. The van der Waals surface area contributed by atoms with Crippen molar-refractivity contribution in [2.24, 2.45) is 4.36 Å². The first-order chi connectivity index (χ1) is 11.7. The van der Waals surface area contributed by atoms with Gasteiger partial charge in [0, 0.05) is 11.1 Å². The molecule has 1 atom stereocenters. The Labute approximate surface area is 155 Å². The first kappa shape index (κ1) is 15.6. The highest BCUT2D eigenvalue weighted by molar-refractivity contribution is 14.1. The van der Waals surface area contributed by atoms with E-state index in [2.05, 4.69) is 39.1 Å². The van der Waals surface area contributed by atoms with Gasteiger partial charge in [-0.25, -0.2) is 4.21 Å². The van der Waals surface area contributed by atoms with Crippen LogP contribution in [-0.2, 0) is 9.73 Å². The number of fused-ring (bicyclic) bond motifs is 1. The monoisotopic (exact) mass is 443 g/mol. The molecule has 0 amide bonds. The summed E-state index contributed by atoms with van der Waals surface area (Å²) in [7, 11) is -2.67. The quantitative estimate of drug-likeness (QED) is 0.446. The zero-order valence-corrected chi connectivity index (χ0v) is 15.7. The number of hydrogen-bond donors (Lipinski definition) is 0. The molecule has 0 spiro atoms. The van der Waals surface area contributed by atoms with E-state index in [4.69, 9.17) is 0 Å². The van der Waals surface area contributed by atoms with E-state index >= 15 is 0 Å². The summed E-state index contributed by atoms with van der Waals surface area (Å²) in [5.41, 5.74) is 3.89. The third-order valence-corrected chi connectivity index (χ3v) is 8.35. The zero-order chi connectivity index (χ0) is 16.6. The fourth-order valence-corrected chi connectivity index (χ4v) is 6.34. The van der Waals surface area contributed by atoms with Crippen LogP contribution in [0, 0.1) is 0 Å². The molecule has 0 aliphatic carbocycles. The van der Waals surface area contributed by atoms with E-state index in [0.29, 0.717) is 0 Å². The average molecular weight is 443 g/mol. The van der Waals surface area contributed by atoms with Crippen LogP contribution in [-0.4, -0.2) is 4.21 Å². The molecular formula is C20H14INOS. The number of benzene rings is 3. The summed E-state index contributed by atoms with van der Waals surface area (Å²) < 4.78 is 19.3. The van der Waals surface area contributed by atoms with Gasteiger partial charge in [0.2, 0.25) is 0 Å². The second-order valence-corrected chi connectivity index (χ2v) is 9.39. The minimum atomic E-state index is -2.67. The highest BCUT2D eigenvalue weighted by Crippen LogP contribution is 2.45. The van der Waals surface area contributed by atoms with Crippen molar-refractivity contribution in [2.75, 3.05) is 0 Å². The third kappa shape index (κ3) is 2.50. The molecule has 4 rings (SSSR count). The maximum atomic E-state index is 13.9. The molecule has 3 aromatic carbocycles. The number of rotatable bonds is 2. The standard InChI is InChI=1S/C20H14INOS/c21-20-19(15-9-3-1-4-10-15)17-13-7-8-14-18(17)22-24(20,23)16-11-5-2-6-12-16/h1-14H. The Morgan fingerprint density at radius 1 is 0.750 bits per heavy atom. The van der Waals surface area contributed by atoms with Crippen molar-refractivity contribution in [1.82, 2.24) is 0 Å². The van der Waals surface area contributed by atoms with Gasteiger partial charge in [-0.15, -0.1) is 0 Å². The first-order valence-electron chi connectivity index (χ1n) is 7.57. The number of hydrogen-bond acceptors (Lipinski definition) is 2. The lowest BCUT2D eigenvalue weighted by Crippen LogP contribution is -2.08. The predicted molar refractivity (Wildman–Crippen MR) is 108 cm³/mol. The number of halogens is 1. The lowest BCUT2D eigenvalue weighted by molar-refractivity contribution is 0.682. The SMILES string of the molecule is O=S1(c2ccccc2)=Nc2ccccc2C(c2ccccc2)=C1I. The minimum absolute atomic E-state index is 0.748. The fourth-order valence-electron chi connectivity index (χ4n) is 2.82. The van der Waals surface area contributed by atoms with Crippen molar-refractivity contribution in [1.29, 1.82) is 0 Å². The summed E-state index contributed by atoms with van der Waals surface area (Å²) in [5.74, 6) is 0. The van der Waals surface area contributed by atoms with Crippen LogP contribution in [0.2, 0.25) is 0 Å². The van der Waals surface area contributed by atoms with Crippen molar-refractivity contribution < 1.29 is 4.21 Å². The van der Waals surface area contributed by atoms with Crippen molar-refractivity contribution in [3.8, 4) is 0 Å². The van der Waals surface area contributed by atoms with E-state index in [1.165, 1.54) is 0 Å². The minimum Gasteiger partial charge on any atom is -0.239 e. The van der Waals surface area contributed by atoms with E-state index in [0.717, 1.165) is 30.2 Å². The van der Waals surface area contributed by atoms with Crippen molar-refractivity contribution in [3.63, 3.8) is 0 Å². The van der Waals surface area contributed by atoms with Crippen LogP contribution in [0.3, 0.4) is 0 Å². The summed E-state index contributed by atoms with van der Waals surface area (Å²) in [4.78, 5) is 0.748. The Bertz CT molecular complexity index is 1050. The molecule has 3 aromatic rings. The van der Waals surface area contributed by atoms with Crippen molar-refractivity contribution in [2.45, 2.75) is 4.90 Å². The summed E-state index contributed by atoms with van der Waals surface area (Å²) in [6.45, 7) is 0. The summed E-state index contributed by atoms with van der Waals surface area (Å²) >= 11 is 2.21. The molecule has 0 fully saturated rings. The van der Waals surface area contributed by atoms with Crippen LogP contribution >= 0.6 is 22.6 Å². The maximum Gasteiger partial charge on any atom is 0.115 e. The molecule has 0 saturated carbocycles. The molecule has 0 radical (unpaired) electrons. The summed E-state index contributed by atoms with van der Waals surface area (Å²) in [6, 6.07) is 27.6. The second-order valence-electron chi connectivity index (χ2n) is 5.46. The van der Waals surface area contributed by atoms with E-state index in [1.807, 2.05) is 72.8 Å². The molecule has 24 heavy (non-hydrogen) atoms. The predicted octanol–water partition coefficient (Wildman–Crippen LogP) is 6.01. The first-order valence-corrected chi connectivity index (χ1v) is 10.2. The Kier molecular flexibility index (Phi) is 4.02. The van der Waals surface area contributed by atoms with Gasteiger partial charge in [-0.05, 0) is 46.4 Å². The molecule has 118 valence electrons. The second kappa shape index (κ2) is 6.18. The molecule has 2 nitrogen and oxygen atoms in total. The van der Waals surface area contributed by atoms with Gasteiger partial charge in [-0.1, -0.05) is 66.7 Å². The summed E-state index contributed by atoms with van der Waals surface area (Å²) in [5, 5.41) is 0. The van der Waals surface area contributed by atoms with Gasteiger partial charge in [0.25, 0.3) is 0 Å². The van der Waals surface area contributed by atoms with E-state index in [-0.39, 0.29) is 0 Å². The normalized spacial score (nSPS) is 19.5. The van der Waals surface area contributed by atoms with Crippen LogP contribution in [0.5, 0.6) is 0 Å². The topological polar surface area (TPSA) is 29.4 Å². The van der Waals surface area contributed by atoms with Gasteiger partial charge in [0.1, 0.15) is 9.73 Å². The molecule has 1 unspecified atom stereocenters. The van der Waals surface area contributed by atoms with Crippen molar-refractivity contribution >= 4 is 43.6 Å². The van der Waals surface area contributed by atoms with E-state index in [1.54, 1.807) is 0 Å². The molecule has 0 N–H and O–H groups in total. The van der Waals surface area contributed by atoms with Gasteiger partial charge in [0.05, 0.1) is 13.5 Å². The Morgan fingerprint density at radius 3 is 2.04 bits per heavy atom. The molecule has 1 aliphatic heterocycles. The molecule has 4 heteroatoms. The molecule has 0 bridgehead atoms. The van der Waals surface area contributed by atoms with Crippen LogP contribution in [0.25, 0.3) is 5.57 Å². The van der Waals surface area contributed by atoms with Gasteiger partial charge in [-0.2, -0.15) is 4.36 Å². The largest absolute Gasteiger partial charge is 0.239 e. The van der Waals surface area contributed by atoms with Gasteiger partial charge >= 0.3 is 0 Å².